The Balaban J connectivity index is 1.90. The van der Waals surface area contributed by atoms with Gasteiger partial charge >= 0.3 is 0 Å². The molecule has 150 valence electrons. The van der Waals surface area contributed by atoms with Crippen molar-refractivity contribution in [1.29, 1.82) is 5.26 Å². The molecule has 7 nitrogen and oxygen atoms in total. The van der Waals surface area contributed by atoms with E-state index >= 15 is 0 Å². The molecule has 0 fully saturated rings. The minimum atomic E-state index is -0.624. The summed E-state index contributed by atoms with van der Waals surface area (Å²) in [5, 5.41) is 9.76. The van der Waals surface area contributed by atoms with Gasteiger partial charge in [0, 0.05) is 24.2 Å². The van der Waals surface area contributed by atoms with Gasteiger partial charge in [-0.05, 0) is 42.3 Å². The molecular formula is C23H20N4O3. The van der Waals surface area contributed by atoms with Crippen LogP contribution in [0.5, 0.6) is 11.5 Å². The highest BCUT2D eigenvalue weighted by molar-refractivity contribution is 5.55. The maximum atomic E-state index is 13.6. The normalized spacial score (nSPS) is 15.2. The number of rotatable bonds is 4. The van der Waals surface area contributed by atoms with Gasteiger partial charge in [0.05, 0.1) is 25.1 Å². The Morgan fingerprint density at radius 2 is 1.93 bits per heavy atom. The standard InChI is InChI=1S/C23H20N4O3/c1-14-11-19-21(23(28)27(14)13-15-7-9-26-10-8-15)20(18(12-24)22(25)30-19)16-3-5-17(29-2)6-4-16/h3-11,20H,13,25H2,1-2H3/t20-/m0/s1. The molecule has 3 heterocycles. The number of hydrogen-bond donors (Lipinski definition) is 1. The molecule has 0 amide bonds. The molecular weight excluding hydrogens is 380 g/mol. The van der Waals surface area contributed by atoms with Crippen LogP contribution in [0.1, 0.15) is 28.3 Å². The van der Waals surface area contributed by atoms with Gasteiger partial charge in [-0.25, -0.2) is 0 Å². The van der Waals surface area contributed by atoms with Crippen molar-refractivity contribution in [2.24, 2.45) is 5.73 Å². The summed E-state index contributed by atoms with van der Waals surface area (Å²) in [6.07, 6.45) is 3.38. The predicted molar refractivity (Wildman–Crippen MR) is 111 cm³/mol. The van der Waals surface area contributed by atoms with Crippen LogP contribution < -0.4 is 20.8 Å². The molecule has 0 aliphatic carbocycles. The first-order chi connectivity index (χ1) is 14.5. The molecule has 0 unspecified atom stereocenters. The molecule has 0 spiro atoms. The van der Waals surface area contributed by atoms with Crippen LogP contribution in [0.15, 0.2) is 71.1 Å². The van der Waals surface area contributed by atoms with Crippen LogP contribution >= 0.6 is 0 Å². The molecule has 0 saturated heterocycles. The SMILES string of the molecule is COc1ccc([C@H]2C(C#N)=C(N)Oc3cc(C)n(Cc4ccncc4)c(=O)c32)cc1. The molecule has 0 saturated carbocycles. The van der Waals surface area contributed by atoms with Gasteiger partial charge in [0.1, 0.15) is 23.1 Å². The Bertz CT molecular complexity index is 1220. The van der Waals surface area contributed by atoms with Crippen LogP contribution in [0, 0.1) is 18.3 Å². The Kier molecular flexibility index (Phi) is 4.98. The average Bonchev–Trinajstić information content (AvgIpc) is 2.76. The third-order valence-corrected chi connectivity index (χ3v) is 5.23. The van der Waals surface area contributed by atoms with Gasteiger partial charge in [0.15, 0.2) is 0 Å². The molecule has 4 rings (SSSR count). The lowest BCUT2D eigenvalue weighted by Gasteiger charge is -2.27. The van der Waals surface area contributed by atoms with Crippen LogP contribution in [0.2, 0.25) is 0 Å². The second-order valence-corrected chi connectivity index (χ2v) is 7.01. The number of hydrogen-bond acceptors (Lipinski definition) is 6. The lowest BCUT2D eigenvalue weighted by molar-refractivity contribution is 0.388. The van der Waals surface area contributed by atoms with Crippen LogP contribution in [-0.4, -0.2) is 16.7 Å². The van der Waals surface area contributed by atoms with Crippen molar-refractivity contribution in [2.75, 3.05) is 7.11 Å². The van der Waals surface area contributed by atoms with Gasteiger partial charge < -0.3 is 19.8 Å². The van der Waals surface area contributed by atoms with Crippen LogP contribution in [0.4, 0.5) is 0 Å². The molecule has 2 N–H and O–H groups in total. The first-order valence-electron chi connectivity index (χ1n) is 9.38. The summed E-state index contributed by atoms with van der Waals surface area (Å²) < 4.78 is 12.6. The number of aryl methyl sites for hydroxylation is 1. The van der Waals surface area contributed by atoms with E-state index in [1.165, 1.54) is 0 Å². The fraction of sp³-hybridized carbons (Fsp3) is 0.174. The Labute approximate surface area is 173 Å². The van der Waals surface area contributed by atoms with Crippen LogP contribution in [0.3, 0.4) is 0 Å². The monoisotopic (exact) mass is 400 g/mol. The number of ether oxygens (including phenoxy) is 2. The molecule has 1 aromatic carbocycles. The predicted octanol–water partition coefficient (Wildman–Crippen LogP) is 2.83. The molecule has 30 heavy (non-hydrogen) atoms. The molecule has 0 bridgehead atoms. The first kappa shape index (κ1) is 19.3. The number of pyridine rings is 2. The molecule has 1 aliphatic rings. The number of nitriles is 1. The van der Waals surface area contributed by atoms with Crippen LogP contribution in [0.25, 0.3) is 0 Å². The van der Waals surface area contributed by atoms with Crippen molar-refractivity contribution >= 4 is 0 Å². The second kappa shape index (κ2) is 7.76. The van der Waals surface area contributed by atoms with Gasteiger partial charge in [-0.1, -0.05) is 12.1 Å². The van der Waals surface area contributed by atoms with E-state index in [1.54, 1.807) is 42.3 Å². The quantitative estimate of drug-likeness (QED) is 0.722. The summed E-state index contributed by atoms with van der Waals surface area (Å²) in [5.74, 6) is 0.444. The number of fused-ring (bicyclic) bond motifs is 1. The minimum Gasteiger partial charge on any atom is -0.497 e. The molecule has 1 atom stereocenters. The fourth-order valence-corrected chi connectivity index (χ4v) is 3.68. The smallest absolute Gasteiger partial charge is 0.259 e. The van der Waals surface area contributed by atoms with E-state index in [4.69, 9.17) is 15.2 Å². The number of nitrogens with zero attached hydrogens (tertiary/aromatic N) is 3. The maximum absolute atomic E-state index is 13.6. The van der Waals surface area contributed by atoms with E-state index < -0.39 is 5.92 Å². The van der Waals surface area contributed by atoms with Crippen molar-refractivity contribution in [3.8, 4) is 17.6 Å². The number of allylic oxidation sites excluding steroid dienone is 1. The number of aromatic nitrogens is 2. The topological polar surface area (TPSA) is 103 Å². The zero-order valence-corrected chi connectivity index (χ0v) is 16.6. The summed E-state index contributed by atoms with van der Waals surface area (Å²) >= 11 is 0. The summed E-state index contributed by atoms with van der Waals surface area (Å²) in [4.78, 5) is 17.6. The molecule has 0 radical (unpaired) electrons. The lowest BCUT2D eigenvalue weighted by Crippen LogP contribution is -2.33. The largest absolute Gasteiger partial charge is 0.497 e. The molecule has 1 aliphatic heterocycles. The van der Waals surface area contributed by atoms with Gasteiger partial charge in [0.25, 0.3) is 5.56 Å². The van der Waals surface area contributed by atoms with Crippen molar-refractivity contribution < 1.29 is 9.47 Å². The van der Waals surface area contributed by atoms with Crippen molar-refractivity contribution in [3.63, 3.8) is 0 Å². The Morgan fingerprint density at radius 1 is 1.23 bits per heavy atom. The second-order valence-electron chi connectivity index (χ2n) is 7.01. The maximum Gasteiger partial charge on any atom is 0.259 e. The van der Waals surface area contributed by atoms with E-state index in [1.807, 2.05) is 31.2 Å². The summed E-state index contributed by atoms with van der Waals surface area (Å²) in [6, 6.07) is 14.9. The lowest BCUT2D eigenvalue weighted by atomic mass is 9.84. The molecule has 7 heteroatoms. The third kappa shape index (κ3) is 3.29. The van der Waals surface area contributed by atoms with Crippen molar-refractivity contribution in [3.05, 3.63) is 99.1 Å². The van der Waals surface area contributed by atoms with E-state index in [0.717, 1.165) is 16.8 Å². The van der Waals surface area contributed by atoms with E-state index in [2.05, 4.69) is 11.1 Å². The first-order valence-corrected chi connectivity index (χ1v) is 9.38. The number of nitrogens with two attached hydrogens (primary N) is 1. The van der Waals surface area contributed by atoms with Gasteiger partial charge in [-0.15, -0.1) is 0 Å². The van der Waals surface area contributed by atoms with E-state index in [-0.39, 0.29) is 17.0 Å². The average molecular weight is 400 g/mol. The summed E-state index contributed by atoms with van der Waals surface area (Å²) in [6.45, 7) is 2.23. The van der Waals surface area contributed by atoms with Gasteiger partial charge in [-0.2, -0.15) is 5.26 Å². The fourth-order valence-electron chi connectivity index (χ4n) is 3.68. The minimum absolute atomic E-state index is 0.0106. The molecule has 2 aromatic heterocycles. The van der Waals surface area contributed by atoms with Gasteiger partial charge in [0.2, 0.25) is 5.88 Å². The Morgan fingerprint density at radius 3 is 2.57 bits per heavy atom. The van der Waals surface area contributed by atoms with Crippen molar-refractivity contribution in [1.82, 2.24) is 9.55 Å². The van der Waals surface area contributed by atoms with Crippen LogP contribution in [-0.2, 0) is 6.54 Å². The van der Waals surface area contributed by atoms with E-state index in [0.29, 0.717) is 23.6 Å². The zero-order chi connectivity index (χ0) is 21.3. The van der Waals surface area contributed by atoms with Crippen molar-refractivity contribution in [2.45, 2.75) is 19.4 Å². The summed E-state index contributed by atoms with van der Waals surface area (Å²) in [5.41, 5.74) is 8.87. The number of benzene rings is 1. The molecule has 3 aromatic rings. The third-order valence-electron chi connectivity index (χ3n) is 5.23. The number of methoxy groups -OCH3 is 1. The summed E-state index contributed by atoms with van der Waals surface area (Å²) in [7, 11) is 1.58. The highest BCUT2D eigenvalue weighted by atomic mass is 16.5. The van der Waals surface area contributed by atoms with Gasteiger partial charge in [-0.3, -0.25) is 9.78 Å². The Hall–Kier alpha value is -4.05. The highest BCUT2D eigenvalue weighted by Crippen LogP contribution is 2.40. The zero-order valence-electron chi connectivity index (χ0n) is 16.6. The highest BCUT2D eigenvalue weighted by Gasteiger charge is 2.34. The van der Waals surface area contributed by atoms with E-state index in [9.17, 15) is 10.1 Å².